The van der Waals surface area contributed by atoms with E-state index in [-0.39, 0.29) is 0 Å². The molecule has 2 aromatic carbocycles. The molecular formula is C20H26O. The predicted octanol–water partition coefficient (Wildman–Crippen LogP) is 5.45. The van der Waals surface area contributed by atoms with E-state index >= 15 is 0 Å². The quantitative estimate of drug-likeness (QED) is 0.747. The van der Waals surface area contributed by atoms with Gasteiger partial charge in [-0.3, -0.25) is 0 Å². The van der Waals surface area contributed by atoms with Gasteiger partial charge >= 0.3 is 0 Å². The minimum atomic E-state index is 0.439. The van der Waals surface area contributed by atoms with Crippen molar-refractivity contribution in [2.24, 2.45) is 0 Å². The van der Waals surface area contributed by atoms with Crippen molar-refractivity contribution < 1.29 is 5.11 Å². The SMILES string of the molecule is CCCc1cc(O)c(Cc2ccccc2)cc1C(C)CC. The second-order valence-electron chi connectivity index (χ2n) is 5.90. The molecule has 1 unspecified atom stereocenters. The fraction of sp³-hybridized carbons (Fsp3) is 0.400. The highest BCUT2D eigenvalue weighted by atomic mass is 16.3. The van der Waals surface area contributed by atoms with Crippen molar-refractivity contribution in [2.75, 3.05) is 0 Å². The van der Waals surface area contributed by atoms with E-state index in [0.717, 1.165) is 31.2 Å². The molecule has 0 aliphatic rings. The molecule has 0 bridgehead atoms. The molecule has 21 heavy (non-hydrogen) atoms. The maximum atomic E-state index is 10.4. The van der Waals surface area contributed by atoms with Crippen LogP contribution in [0.5, 0.6) is 5.75 Å². The van der Waals surface area contributed by atoms with Crippen molar-refractivity contribution in [3.05, 3.63) is 64.7 Å². The number of benzene rings is 2. The summed E-state index contributed by atoms with van der Waals surface area (Å²) < 4.78 is 0. The lowest BCUT2D eigenvalue weighted by molar-refractivity contribution is 0.467. The van der Waals surface area contributed by atoms with E-state index in [4.69, 9.17) is 0 Å². The molecule has 0 radical (unpaired) electrons. The molecule has 0 aromatic heterocycles. The molecule has 1 heteroatoms. The molecule has 1 N–H and O–H groups in total. The number of aromatic hydroxyl groups is 1. The van der Waals surface area contributed by atoms with Crippen molar-refractivity contribution in [1.29, 1.82) is 0 Å². The summed E-state index contributed by atoms with van der Waals surface area (Å²) >= 11 is 0. The first kappa shape index (κ1) is 15.6. The molecule has 0 saturated carbocycles. The molecule has 0 saturated heterocycles. The van der Waals surface area contributed by atoms with E-state index in [1.165, 1.54) is 16.7 Å². The lowest BCUT2D eigenvalue weighted by atomic mass is 9.88. The summed E-state index contributed by atoms with van der Waals surface area (Å²) in [6, 6.07) is 14.6. The molecule has 112 valence electrons. The highest BCUT2D eigenvalue weighted by Gasteiger charge is 2.13. The number of phenols is 1. The van der Waals surface area contributed by atoms with Gasteiger partial charge in [0.1, 0.15) is 5.75 Å². The number of phenolic OH excluding ortho intramolecular Hbond substituents is 1. The molecule has 0 amide bonds. The molecule has 0 spiro atoms. The summed E-state index contributed by atoms with van der Waals surface area (Å²) in [6.07, 6.45) is 4.08. The first-order chi connectivity index (χ1) is 10.2. The Balaban J connectivity index is 2.37. The number of hydrogen-bond acceptors (Lipinski definition) is 1. The van der Waals surface area contributed by atoms with Crippen LogP contribution in [0.15, 0.2) is 42.5 Å². The lowest BCUT2D eigenvalue weighted by Gasteiger charge is -2.18. The largest absolute Gasteiger partial charge is 0.508 e. The Morgan fingerprint density at radius 1 is 1.00 bits per heavy atom. The van der Waals surface area contributed by atoms with Gasteiger partial charge in [-0.05, 0) is 47.1 Å². The molecule has 1 atom stereocenters. The summed E-state index contributed by atoms with van der Waals surface area (Å²) in [5.41, 5.74) is 4.99. The van der Waals surface area contributed by atoms with Crippen molar-refractivity contribution in [1.82, 2.24) is 0 Å². The predicted molar refractivity (Wildman–Crippen MR) is 90.1 cm³/mol. The Hall–Kier alpha value is -1.76. The van der Waals surface area contributed by atoms with Crippen LogP contribution in [0, 0.1) is 0 Å². The van der Waals surface area contributed by atoms with Gasteiger partial charge in [-0.25, -0.2) is 0 Å². The van der Waals surface area contributed by atoms with E-state index in [0.29, 0.717) is 11.7 Å². The molecule has 0 aliphatic carbocycles. The van der Waals surface area contributed by atoms with Gasteiger partial charge in [0.2, 0.25) is 0 Å². The van der Waals surface area contributed by atoms with Crippen molar-refractivity contribution in [3.63, 3.8) is 0 Å². The number of hydrogen-bond donors (Lipinski definition) is 1. The Morgan fingerprint density at radius 2 is 1.71 bits per heavy atom. The fourth-order valence-corrected chi connectivity index (χ4v) is 2.82. The molecular weight excluding hydrogens is 256 g/mol. The number of aryl methyl sites for hydroxylation is 1. The van der Waals surface area contributed by atoms with Gasteiger partial charge in [-0.2, -0.15) is 0 Å². The minimum absolute atomic E-state index is 0.439. The Kier molecular flexibility index (Phi) is 5.44. The summed E-state index contributed by atoms with van der Waals surface area (Å²) in [7, 11) is 0. The van der Waals surface area contributed by atoms with Gasteiger partial charge in [-0.1, -0.05) is 63.6 Å². The summed E-state index contributed by atoms with van der Waals surface area (Å²) in [6.45, 7) is 6.69. The first-order valence-electron chi connectivity index (χ1n) is 8.04. The van der Waals surface area contributed by atoms with Gasteiger partial charge < -0.3 is 5.11 Å². The van der Waals surface area contributed by atoms with E-state index in [1.807, 2.05) is 24.3 Å². The second kappa shape index (κ2) is 7.31. The van der Waals surface area contributed by atoms with E-state index in [1.54, 1.807) is 0 Å². The van der Waals surface area contributed by atoms with E-state index in [2.05, 4.69) is 39.0 Å². The molecule has 0 heterocycles. The standard InChI is InChI=1S/C20H26O/c1-4-9-17-14-20(21)18(13-19(17)15(3)5-2)12-16-10-7-6-8-11-16/h6-8,10-11,13-15,21H,4-5,9,12H2,1-3H3. The van der Waals surface area contributed by atoms with Gasteiger partial charge in [0.15, 0.2) is 0 Å². The van der Waals surface area contributed by atoms with Crippen molar-refractivity contribution >= 4 is 0 Å². The van der Waals surface area contributed by atoms with Gasteiger partial charge in [0.05, 0.1) is 0 Å². The Labute approximate surface area is 128 Å². The summed E-state index contributed by atoms with van der Waals surface area (Å²) in [5, 5.41) is 10.4. The lowest BCUT2D eigenvalue weighted by Crippen LogP contribution is -2.01. The van der Waals surface area contributed by atoms with E-state index < -0.39 is 0 Å². The topological polar surface area (TPSA) is 20.2 Å². The fourth-order valence-electron chi connectivity index (χ4n) is 2.82. The molecule has 0 fully saturated rings. The average molecular weight is 282 g/mol. The number of rotatable bonds is 6. The summed E-state index contributed by atoms with van der Waals surface area (Å²) in [5.74, 6) is 0.982. The van der Waals surface area contributed by atoms with Gasteiger partial charge in [0, 0.05) is 6.42 Å². The van der Waals surface area contributed by atoms with Crippen LogP contribution < -0.4 is 0 Å². The third kappa shape index (κ3) is 3.87. The normalized spacial score (nSPS) is 12.3. The van der Waals surface area contributed by atoms with Crippen LogP contribution in [0.2, 0.25) is 0 Å². The molecule has 0 aliphatic heterocycles. The highest BCUT2D eigenvalue weighted by Crippen LogP contribution is 2.31. The maximum Gasteiger partial charge on any atom is 0.119 e. The first-order valence-corrected chi connectivity index (χ1v) is 8.04. The monoisotopic (exact) mass is 282 g/mol. The Bertz CT molecular complexity index is 572. The van der Waals surface area contributed by atoms with Crippen LogP contribution >= 0.6 is 0 Å². The smallest absolute Gasteiger partial charge is 0.119 e. The van der Waals surface area contributed by atoms with Crippen molar-refractivity contribution in [3.8, 4) is 5.75 Å². The van der Waals surface area contributed by atoms with Crippen LogP contribution in [0.1, 0.15) is 61.8 Å². The molecule has 2 rings (SSSR count). The highest BCUT2D eigenvalue weighted by molar-refractivity contribution is 5.45. The maximum absolute atomic E-state index is 10.4. The van der Waals surface area contributed by atoms with Gasteiger partial charge in [0.25, 0.3) is 0 Å². The van der Waals surface area contributed by atoms with Crippen LogP contribution in [0.3, 0.4) is 0 Å². The molecule has 2 aromatic rings. The third-order valence-corrected chi connectivity index (χ3v) is 4.24. The summed E-state index contributed by atoms with van der Waals surface area (Å²) in [4.78, 5) is 0. The second-order valence-corrected chi connectivity index (χ2v) is 5.90. The van der Waals surface area contributed by atoms with Crippen LogP contribution in [-0.4, -0.2) is 5.11 Å². The Morgan fingerprint density at radius 3 is 2.33 bits per heavy atom. The van der Waals surface area contributed by atoms with Crippen LogP contribution in [-0.2, 0) is 12.8 Å². The zero-order valence-electron chi connectivity index (χ0n) is 13.4. The zero-order chi connectivity index (χ0) is 15.2. The van der Waals surface area contributed by atoms with Crippen LogP contribution in [0.4, 0.5) is 0 Å². The van der Waals surface area contributed by atoms with Crippen LogP contribution in [0.25, 0.3) is 0 Å². The average Bonchev–Trinajstić information content (AvgIpc) is 2.50. The zero-order valence-corrected chi connectivity index (χ0v) is 13.4. The van der Waals surface area contributed by atoms with Gasteiger partial charge in [-0.15, -0.1) is 0 Å². The van der Waals surface area contributed by atoms with E-state index in [9.17, 15) is 5.11 Å². The third-order valence-electron chi connectivity index (χ3n) is 4.24. The minimum Gasteiger partial charge on any atom is -0.508 e. The van der Waals surface area contributed by atoms with Crippen molar-refractivity contribution in [2.45, 2.75) is 52.4 Å². The molecule has 1 nitrogen and oxygen atoms in total.